The van der Waals surface area contributed by atoms with Gasteiger partial charge in [-0.05, 0) is 37.5 Å². The van der Waals surface area contributed by atoms with Gasteiger partial charge in [-0.2, -0.15) is 0 Å². The molecule has 1 saturated heterocycles. The summed E-state index contributed by atoms with van der Waals surface area (Å²) in [5, 5.41) is 13.0. The summed E-state index contributed by atoms with van der Waals surface area (Å²) in [6, 6.07) is 13.7. The lowest BCUT2D eigenvalue weighted by atomic mass is 9.91. The fraction of sp³-hybridized carbons (Fsp3) is 0.217. The van der Waals surface area contributed by atoms with Gasteiger partial charge in [-0.3, -0.25) is 19.7 Å². The van der Waals surface area contributed by atoms with Crippen LogP contribution >= 0.6 is 0 Å². The average Bonchev–Trinajstić information content (AvgIpc) is 3.27. The molecule has 0 saturated carbocycles. The van der Waals surface area contributed by atoms with E-state index in [0.29, 0.717) is 27.7 Å². The summed E-state index contributed by atoms with van der Waals surface area (Å²) in [7, 11) is 0. The van der Waals surface area contributed by atoms with Gasteiger partial charge in [0.2, 0.25) is 0 Å². The van der Waals surface area contributed by atoms with Crippen molar-refractivity contribution < 1.29 is 14.5 Å². The third-order valence-electron chi connectivity index (χ3n) is 5.95. The normalized spacial score (nSPS) is 15.9. The maximum atomic E-state index is 13.4. The molecule has 150 valence electrons. The molecular formula is C23H19N3O4. The summed E-state index contributed by atoms with van der Waals surface area (Å²) in [6.07, 6.45) is 1.91. The summed E-state index contributed by atoms with van der Waals surface area (Å²) in [5.74, 6) is -0.942. The first-order valence-electron chi connectivity index (χ1n) is 9.92. The van der Waals surface area contributed by atoms with Crippen LogP contribution < -0.4 is 9.80 Å². The first-order valence-corrected chi connectivity index (χ1v) is 9.92. The second-order valence-electron chi connectivity index (χ2n) is 7.70. The number of carbonyl (C=O) groups excluding carboxylic acids is 2. The number of nitro benzene ring substituents is 1. The molecular weight excluding hydrogens is 382 g/mol. The van der Waals surface area contributed by atoms with Crippen molar-refractivity contribution in [3.63, 3.8) is 0 Å². The predicted molar refractivity (Wildman–Crippen MR) is 114 cm³/mol. The largest absolute Gasteiger partial charge is 0.365 e. The van der Waals surface area contributed by atoms with Gasteiger partial charge in [0.25, 0.3) is 17.5 Å². The molecule has 0 bridgehead atoms. The highest BCUT2D eigenvalue weighted by Crippen LogP contribution is 2.44. The molecule has 2 amide bonds. The van der Waals surface area contributed by atoms with E-state index in [9.17, 15) is 19.7 Å². The van der Waals surface area contributed by atoms with Crippen molar-refractivity contribution in [1.29, 1.82) is 0 Å². The van der Waals surface area contributed by atoms with E-state index in [-0.39, 0.29) is 11.3 Å². The molecule has 7 heteroatoms. The number of hydrogen-bond donors (Lipinski definition) is 0. The van der Waals surface area contributed by atoms with E-state index < -0.39 is 16.7 Å². The van der Waals surface area contributed by atoms with Crippen LogP contribution in [0.3, 0.4) is 0 Å². The van der Waals surface area contributed by atoms with Gasteiger partial charge >= 0.3 is 0 Å². The number of nitro groups is 1. The number of carbonyl (C=O) groups is 2. The summed E-state index contributed by atoms with van der Waals surface area (Å²) in [4.78, 5) is 41.5. The first-order chi connectivity index (χ1) is 14.5. The quantitative estimate of drug-likeness (QED) is 0.368. The van der Waals surface area contributed by atoms with Crippen molar-refractivity contribution in [1.82, 2.24) is 0 Å². The molecule has 0 N–H and O–H groups in total. The molecule has 0 aliphatic carbocycles. The molecule has 2 aliphatic rings. The highest BCUT2D eigenvalue weighted by atomic mass is 16.6. The van der Waals surface area contributed by atoms with E-state index >= 15 is 0 Å². The molecule has 2 aliphatic heterocycles. The van der Waals surface area contributed by atoms with Crippen LogP contribution in [0.4, 0.5) is 17.1 Å². The highest BCUT2D eigenvalue weighted by molar-refractivity contribution is 6.37. The number of anilines is 2. The maximum absolute atomic E-state index is 13.4. The van der Waals surface area contributed by atoms with Gasteiger partial charge in [-0.1, -0.05) is 30.3 Å². The average molecular weight is 401 g/mol. The van der Waals surface area contributed by atoms with Crippen molar-refractivity contribution >= 4 is 39.6 Å². The minimum Gasteiger partial charge on any atom is -0.365 e. The van der Waals surface area contributed by atoms with Crippen molar-refractivity contribution in [3.05, 3.63) is 75.3 Å². The summed E-state index contributed by atoms with van der Waals surface area (Å²) in [6.45, 7) is 3.26. The fourth-order valence-corrected chi connectivity index (χ4v) is 4.58. The molecule has 0 radical (unpaired) electrons. The zero-order chi connectivity index (χ0) is 21.0. The van der Waals surface area contributed by atoms with Crippen LogP contribution in [0.25, 0.3) is 10.8 Å². The second kappa shape index (κ2) is 6.66. The zero-order valence-corrected chi connectivity index (χ0v) is 16.4. The Morgan fingerprint density at radius 1 is 0.933 bits per heavy atom. The number of rotatable bonds is 3. The van der Waals surface area contributed by atoms with Crippen molar-refractivity contribution in [3.8, 4) is 0 Å². The van der Waals surface area contributed by atoms with E-state index in [1.165, 1.54) is 6.07 Å². The topological polar surface area (TPSA) is 83.8 Å². The van der Waals surface area contributed by atoms with E-state index in [1.54, 1.807) is 30.3 Å². The molecule has 1 fully saturated rings. The zero-order valence-electron chi connectivity index (χ0n) is 16.4. The van der Waals surface area contributed by atoms with Crippen LogP contribution in [-0.4, -0.2) is 29.8 Å². The monoisotopic (exact) mass is 401 g/mol. The Kier molecular flexibility index (Phi) is 4.06. The van der Waals surface area contributed by atoms with E-state index in [1.807, 2.05) is 24.0 Å². The highest BCUT2D eigenvalue weighted by Gasteiger charge is 2.38. The number of para-hydroxylation sites is 1. The SMILES string of the molecule is Cc1ccccc1N1C(=O)c2cccc3c(N4CCCC4)c([N+](=O)[O-])cc(c23)C1=O. The number of benzene rings is 3. The third-order valence-corrected chi connectivity index (χ3v) is 5.95. The molecule has 3 aromatic carbocycles. The third kappa shape index (κ3) is 2.51. The van der Waals surface area contributed by atoms with Crippen LogP contribution in [0.5, 0.6) is 0 Å². The van der Waals surface area contributed by atoms with E-state index in [0.717, 1.165) is 36.4 Å². The minimum atomic E-state index is -0.533. The van der Waals surface area contributed by atoms with Crippen molar-refractivity contribution in [2.75, 3.05) is 22.9 Å². The summed E-state index contributed by atoms with van der Waals surface area (Å²) >= 11 is 0. The maximum Gasteiger partial charge on any atom is 0.293 e. The Hall–Kier alpha value is -3.74. The van der Waals surface area contributed by atoms with Gasteiger partial charge in [0.15, 0.2) is 0 Å². The van der Waals surface area contributed by atoms with Gasteiger partial charge in [-0.25, -0.2) is 4.90 Å². The number of imide groups is 1. The number of hydrogen-bond acceptors (Lipinski definition) is 5. The molecule has 0 unspecified atom stereocenters. The Morgan fingerprint density at radius 2 is 1.63 bits per heavy atom. The molecule has 0 atom stereocenters. The second-order valence-corrected chi connectivity index (χ2v) is 7.70. The molecule has 7 nitrogen and oxygen atoms in total. The van der Waals surface area contributed by atoms with Gasteiger partial charge in [0, 0.05) is 35.5 Å². The summed E-state index contributed by atoms with van der Waals surface area (Å²) < 4.78 is 0. The van der Waals surface area contributed by atoms with Crippen LogP contribution in [-0.2, 0) is 0 Å². The fourth-order valence-electron chi connectivity index (χ4n) is 4.58. The van der Waals surface area contributed by atoms with Crippen molar-refractivity contribution in [2.45, 2.75) is 19.8 Å². The lowest BCUT2D eigenvalue weighted by Crippen LogP contribution is -2.41. The summed E-state index contributed by atoms with van der Waals surface area (Å²) in [5.41, 5.74) is 2.25. The van der Waals surface area contributed by atoms with Gasteiger partial charge in [-0.15, -0.1) is 0 Å². The molecule has 2 heterocycles. The minimum absolute atomic E-state index is 0.0935. The number of amides is 2. The lowest BCUT2D eigenvalue weighted by Gasteiger charge is -2.30. The lowest BCUT2D eigenvalue weighted by molar-refractivity contribution is -0.384. The standard InChI is InChI=1S/C23H19N3O4/c1-14-7-2-3-10-18(14)25-22(27)16-9-6-8-15-20(16)17(23(25)28)13-19(26(29)30)21(15)24-11-4-5-12-24/h2-3,6-10,13H,4-5,11-12H2,1H3. The smallest absolute Gasteiger partial charge is 0.293 e. The Labute approximate surface area is 172 Å². The Balaban J connectivity index is 1.82. The number of aryl methyl sites for hydroxylation is 1. The van der Waals surface area contributed by atoms with Crippen LogP contribution in [0.2, 0.25) is 0 Å². The molecule has 0 spiro atoms. The molecule has 30 heavy (non-hydrogen) atoms. The Bertz CT molecular complexity index is 1240. The van der Waals surface area contributed by atoms with Gasteiger partial charge in [0.05, 0.1) is 16.2 Å². The van der Waals surface area contributed by atoms with Crippen LogP contribution in [0.15, 0.2) is 48.5 Å². The molecule has 0 aromatic heterocycles. The van der Waals surface area contributed by atoms with Crippen LogP contribution in [0.1, 0.15) is 39.1 Å². The molecule has 3 aromatic rings. The predicted octanol–water partition coefficient (Wildman–Crippen LogP) is 4.46. The van der Waals surface area contributed by atoms with E-state index in [4.69, 9.17) is 0 Å². The number of nitrogens with zero attached hydrogens (tertiary/aromatic N) is 3. The van der Waals surface area contributed by atoms with E-state index in [2.05, 4.69) is 0 Å². The van der Waals surface area contributed by atoms with Gasteiger partial charge in [0.1, 0.15) is 5.69 Å². The van der Waals surface area contributed by atoms with Crippen molar-refractivity contribution in [2.24, 2.45) is 0 Å². The molecule has 5 rings (SSSR count). The first kappa shape index (κ1) is 18.3. The van der Waals surface area contributed by atoms with Gasteiger partial charge < -0.3 is 4.90 Å². The van der Waals surface area contributed by atoms with Crippen LogP contribution in [0, 0.1) is 17.0 Å². The Morgan fingerprint density at radius 3 is 2.33 bits per heavy atom.